The van der Waals surface area contributed by atoms with Crippen LogP contribution >= 0.6 is 0 Å². The Morgan fingerprint density at radius 2 is 1.95 bits per heavy atom. The summed E-state index contributed by atoms with van der Waals surface area (Å²) in [4.78, 5) is 0.0117. The summed E-state index contributed by atoms with van der Waals surface area (Å²) >= 11 is 0. The van der Waals surface area contributed by atoms with Gasteiger partial charge in [0.1, 0.15) is 5.82 Å². The van der Waals surface area contributed by atoms with Crippen molar-refractivity contribution in [3.63, 3.8) is 0 Å². The minimum Gasteiger partial charge on any atom is -0.396 e. The second-order valence-electron chi connectivity index (χ2n) is 5.74. The number of rotatable bonds is 4. The highest BCUT2D eigenvalue weighted by atomic mass is 32.2. The molecule has 106 valence electrons. The van der Waals surface area contributed by atoms with Crippen molar-refractivity contribution in [3.05, 3.63) is 23.5 Å². The SMILES string of the molecule is Cc1cc(S(=O)(=O)NC(C)(C)C2CC2)cc(N)c1F. The molecular formula is C13H19FN2O2S. The maximum atomic E-state index is 13.4. The summed E-state index contributed by atoms with van der Waals surface area (Å²) in [5.41, 5.74) is 5.07. The fourth-order valence-corrected chi connectivity index (χ4v) is 3.80. The van der Waals surface area contributed by atoms with Gasteiger partial charge < -0.3 is 5.73 Å². The molecule has 0 heterocycles. The molecule has 19 heavy (non-hydrogen) atoms. The molecule has 1 saturated carbocycles. The molecule has 1 aromatic rings. The van der Waals surface area contributed by atoms with Crippen molar-refractivity contribution in [2.45, 2.75) is 44.0 Å². The van der Waals surface area contributed by atoms with E-state index < -0.39 is 21.4 Å². The number of anilines is 1. The zero-order valence-electron chi connectivity index (χ0n) is 11.3. The quantitative estimate of drug-likeness (QED) is 0.833. The second-order valence-corrected chi connectivity index (χ2v) is 7.43. The van der Waals surface area contributed by atoms with E-state index in [1.807, 2.05) is 13.8 Å². The number of hydrogen-bond acceptors (Lipinski definition) is 3. The molecule has 0 bridgehead atoms. The summed E-state index contributed by atoms with van der Waals surface area (Å²) in [5, 5.41) is 0. The number of hydrogen-bond donors (Lipinski definition) is 2. The first kappa shape index (κ1) is 14.3. The minimum atomic E-state index is -3.68. The molecule has 0 aliphatic heterocycles. The van der Waals surface area contributed by atoms with Crippen molar-refractivity contribution >= 4 is 15.7 Å². The van der Waals surface area contributed by atoms with Crippen molar-refractivity contribution in [2.75, 3.05) is 5.73 Å². The van der Waals surface area contributed by atoms with Gasteiger partial charge in [-0.2, -0.15) is 0 Å². The predicted octanol–water partition coefficient (Wildman–Crippen LogP) is 2.18. The molecule has 4 nitrogen and oxygen atoms in total. The summed E-state index contributed by atoms with van der Waals surface area (Å²) in [6.45, 7) is 5.22. The molecule has 0 radical (unpaired) electrons. The number of nitrogens with one attached hydrogen (secondary N) is 1. The van der Waals surface area contributed by atoms with E-state index in [1.165, 1.54) is 13.0 Å². The van der Waals surface area contributed by atoms with Gasteiger partial charge in [0.15, 0.2) is 0 Å². The standard InChI is InChI=1S/C13H19FN2O2S/c1-8-6-10(7-11(15)12(8)14)19(17,18)16-13(2,3)9-4-5-9/h6-7,9,16H,4-5,15H2,1-3H3. The van der Waals surface area contributed by atoms with E-state index in [9.17, 15) is 12.8 Å². The van der Waals surface area contributed by atoms with E-state index in [-0.39, 0.29) is 16.1 Å². The Morgan fingerprint density at radius 3 is 2.42 bits per heavy atom. The average molecular weight is 286 g/mol. The number of sulfonamides is 1. The Morgan fingerprint density at radius 1 is 1.37 bits per heavy atom. The first-order chi connectivity index (χ1) is 8.63. The highest BCUT2D eigenvalue weighted by Crippen LogP contribution is 2.40. The summed E-state index contributed by atoms with van der Waals surface area (Å²) in [7, 11) is -3.68. The van der Waals surface area contributed by atoms with Crippen molar-refractivity contribution in [1.29, 1.82) is 0 Å². The lowest BCUT2D eigenvalue weighted by Crippen LogP contribution is -2.45. The normalized spacial score (nSPS) is 16.6. The Balaban J connectivity index is 2.34. The third kappa shape index (κ3) is 2.90. The van der Waals surface area contributed by atoms with Crippen molar-refractivity contribution in [2.24, 2.45) is 5.92 Å². The molecule has 0 unspecified atom stereocenters. The highest BCUT2D eigenvalue weighted by Gasteiger charge is 2.40. The molecule has 0 saturated heterocycles. The minimum absolute atomic E-state index is 0.0117. The Kier molecular flexibility index (Phi) is 3.35. The van der Waals surface area contributed by atoms with Crippen LogP contribution in [0.5, 0.6) is 0 Å². The van der Waals surface area contributed by atoms with Crippen LogP contribution in [0.3, 0.4) is 0 Å². The average Bonchev–Trinajstić information content (AvgIpc) is 3.07. The van der Waals surface area contributed by atoms with E-state index in [1.54, 1.807) is 0 Å². The molecule has 1 aromatic carbocycles. The molecule has 3 N–H and O–H groups in total. The van der Waals surface area contributed by atoms with Crippen LogP contribution in [0.2, 0.25) is 0 Å². The van der Waals surface area contributed by atoms with Crippen LogP contribution in [-0.2, 0) is 10.0 Å². The molecule has 1 fully saturated rings. The van der Waals surface area contributed by atoms with Gasteiger partial charge in [-0.05, 0) is 57.2 Å². The van der Waals surface area contributed by atoms with Gasteiger partial charge >= 0.3 is 0 Å². The molecular weight excluding hydrogens is 267 g/mol. The van der Waals surface area contributed by atoms with E-state index in [0.717, 1.165) is 18.9 Å². The molecule has 0 aromatic heterocycles. The van der Waals surface area contributed by atoms with Crippen molar-refractivity contribution in [1.82, 2.24) is 4.72 Å². The van der Waals surface area contributed by atoms with Crippen LogP contribution in [-0.4, -0.2) is 14.0 Å². The zero-order valence-corrected chi connectivity index (χ0v) is 12.1. The number of nitrogen functional groups attached to an aromatic ring is 1. The number of aryl methyl sites for hydroxylation is 1. The van der Waals surface area contributed by atoms with Crippen LogP contribution in [0.1, 0.15) is 32.3 Å². The van der Waals surface area contributed by atoms with Crippen LogP contribution in [0.15, 0.2) is 17.0 Å². The van der Waals surface area contributed by atoms with Gasteiger partial charge in [-0.15, -0.1) is 0 Å². The first-order valence-corrected chi connectivity index (χ1v) is 7.71. The van der Waals surface area contributed by atoms with E-state index >= 15 is 0 Å². The number of nitrogens with two attached hydrogens (primary N) is 1. The third-order valence-corrected chi connectivity index (χ3v) is 5.21. The van der Waals surface area contributed by atoms with Gasteiger partial charge in [0.05, 0.1) is 10.6 Å². The zero-order chi connectivity index (χ0) is 14.4. The molecule has 0 spiro atoms. The van der Waals surface area contributed by atoms with Crippen LogP contribution in [0, 0.1) is 18.7 Å². The number of benzene rings is 1. The van der Waals surface area contributed by atoms with E-state index in [0.29, 0.717) is 5.92 Å². The second kappa shape index (κ2) is 4.45. The summed E-state index contributed by atoms with van der Waals surface area (Å²) < 4.78 is 40.7. The van der Waals surface area contributed by atoms with Crippen molar-refractivity contribution in [3.8, 4) is 0 Å². The van der Waals surface area contributed by atoms with Crippen molar-refractivity contribution < 1.29 is 12.8 Å². The van der Waals surface area contributed by atoms with E-state index in [4.69, 9.17) is 5.73 Å². The van der Waals surface area contributed by atoms with E-state index in [2.05, 4.69) is 4.72 Å². The highest BCUT2D eigenvalue weighted by molar-refractivity contribution is 7.89. The van der Waals surface area contributed by atoms with Gasteiger partial charge in [0.25, 0.3) is 0 Å². The predicted molar refractivity (Wildman–Crippen MR) is 72.7 cm³/mol. The third-order valence-electron chi connectivity index (χ3n) is 3.56. The monoisotopic (exact) mass is 286 g/mol. The largest absolute Gasteiger partial charge is 0.396 e. The van der Waals surface area contributed by atoms with Gasteiger partial charge in [-0.3, -0.25) is 0 Å². The van der Waals surface area contributed by atoms with Crippen LogP contribution < -0.4 is 10.5 Å². The Hall–Kier alpha value is -1.14. The maximum absolute atomic E-state index is 13.4. The molecule has 6 heteroatoms. The fourth-order valence-electron chi connectivity index (χ4n) is 2.21. The molecule has 0 amide bonds. The Labute approximate surface area is 113 Å². The topological polar surface area (TPSA) is 72.2 Å². The lowest BCUT2D eigenvalue weighted by Gasteiger charge is -2.26. The fraction of sp³-hybridized carbons (Fsp3) is 0.538. The molecule has 1 aliphatic rings. The maximum Gasteiger partial charge on any atom is 0.241 e. The summed E-state index contributed by atoms with van der Waals surface area (Å²) in [6.07, 6.45) is 2.06. The lowest BCUT2D eigenvalue weighted by molar-refractivity contribution is 0.400. The first-order valence-electron chi connectivity index (χ1n) is 6.23. The van der Waals surface area contributed by atoms with Crippen LogP contribution in [0.4, 0.5) is 10.1 Å². The van der Waals surface area contributed by atoms with Gasteiger partial charge in [-0.25, -0.2) is 17.5 Å². The lowest BCUT2D eigenvalue weighted by atomic mass is 10.0. The molecule has 1 aliphatic carbocycles. The Bertz CT molecular complexity index is 584. The van der Waals surface area contributed by atoms with Gasteiger partial charge in [-0.1, -0.05) is 0 Å². The molecule has 0 atom stereocenters. The van der Waals surface area contributed by atoms with Crippen LogP contribution in [0.25, 0.3) is 0 Å². The van der Waals surface area contributed by atoms with Gasteiger partial charge in [0.2, 0.25) is 10.0 Å². The summed E-state index contributed by atoms with van der Waals surface area (Å²) in [5.74, 6) is -0.207. The smallest absolute Gasteiger partial charge is 0.241 e. The molecule has 2 rings (SSSR count). The summed E-state index contributed by atoms with van der Waals surface area (Å²) in [6, 6.07) is 2.46. The number of halogens is 1. The van der Waals surface area contributed by atoms with Gasteiger partial charge in [0, 0.05) is 5.54 Å².